The van der Waals surface area contributed by atoms with Crippen LogP contribution in [0.1, 0.15) is 12.3 Å². The lowest BCUT2D eigenvalue weighted by Crippen LogP contribution is -2.40. The molecule has 0 radical (unpaired) electrons. The molecule has 0 atom stereocenters. The number of hydrogen-bond donors (Lipinski definition) is 0. The first-order valence-corrected chi connectivity index (χ1v) is 6.91. The standard InChI is InChI=1S/C14H16N4O3/c19-13(18-7-9-20-10-8-18)2-1-12-16-14(17-21-12)11-3-5-15-6-4-11/h3-6H,1-2,7-10H2. The molecule has 2 aromatic rings. The zero-order chi connectivity index (χ0) is 14.5. The topological polar surface area (TPSA) is 81.3 Å². The Balaban J connectivity index is 1.56. The van der Waals surface area contributed by atoms with Crippen molar-refractivity contribution < 1.29 is 14.1 Å². The highest BCUT2D eigenvalue weighted by Gasteiger charge is 2.18. The Morgan fingerprint density at radius 3 is 2.76 bits per heavy atom. The third-order valence-corrected chi connectivity index (χ3v) is 3.32. The molecule has 0 bridgehead atoms. The predicted octanol–water partition coefficient (Wildman–Crippen LogP) is 0.923. The van der Waals surface area contributed by atoms with Crippen LogP contribution in [0.2, 0.25) is 0 Å². The molecule has 3 rings (SSSR count). The highest BCUT2D eigenvalue weighted by Crippen LogP contribution is 2.15. The minimum absolute atomic E-state index is 0.0990. The average molecular weight is 288 g/mol. The summed E-state index contributed by atoms with van der Waals surface area (Å²) in [5.74, 6) is 1.09. The lowest BCUT2D eigenvalue weighted by atomic mass is 10.2. The summed E-state index contributed by atoms with van der Waals surface area (Å²) < 4.78 is 10.4. The number of hydrogen-bond acceptors (Lipinski definition) is 6. The number of carbonyl (C=O) groups excluding carboxylic acids is 1. The van der Waals surface area contributed by atoms with Crippen molar-refractivity contribution in [1.82, 2.24) is 20.0 Å². The Morgan fingerprint density at radius 1 is 1.24 bits per heavy atom. The van der Waals surface area contributed by atoms with E-state index in [0.29, 0.717) is 50.9 Å². The first-order valence-electron chi connectivity index (χ1n) is 6.91. The number of morpholine rings is 1. The lowest BCUT2D eigenvalue weighted by molar-refractivity contribution is -0.135. The van der Waals surface area contributed by atoms with E-state index in [-0.39, 0.29) is 5.91 Å². The molecule has 3 heterocycles. The van der Waals surface area contributed by atoms with Gasteiger partial charge in [-0.2, -0.15) is 4.98 Å². The molecule has 1 amide bonds. The molecule has 0 N–H and O–H groups in total. The number of aromatic nitrogens is 3. The quantitative estimate of drug-likeness (QED) is 0.832. The van der Waals surface area contributed by atoms with Gasteiger partial charge in [0.25, 0.3) is 0 Å². The predicted molar refractivity (Wildman–Crippen MR) is 73.2 cm³/mol. The van der Waals surface area contributed by atoms with E-state index >= 15 is 0 Å². The van der Waals surface area contributed by atoms with Gasteiger partial charge in [-0.1, -0.05) is 5.16 Å². The monoisotopic (exact) mass is 288 g/mol. The van der Waals surface area contributed by atoms with Crippen LogP contribution in [0.5, 0.6) is 0 Å². The van der Waals surface area contributed by atoms with Crippen molar-refractivity contribution >= 4 is 5.91 Å². The van der Waals surface area contributed by atoms with Crippen LogP contribution in [0.4, 0.5) is 0 Å². The van der Waals surface area contributed by atoms with Crippen molar-refractivity contribution in [3.63, 3.8) is 0 Å². The number of amides is 1. The van der Waals surface area contributed by atoms with E-state index in [1.807, 2.05) is 17.0 Å². The van der Waals surface area contributed by atoms with Crippen LogP contribution in [0.15, 0.2) is 29.0 Å². The second kappa shape index (κ2) is 6.45. The Morgan fingerprint density at radius 2 is 2.00 bits per heavy atom. The minimum atomic E-state index is 0.0990. The normalized spacial score (nSPS) is 15.1. The molecule has 0 spiro atoms. The van der Waals surface area contributed by atoms with Crippen molar-refractivity contribution in [2.75, 3.05) is 26.3 Å². The van der Waals surface area contributed by atoms with Gasteiger partial charge in [-0.15, -0.1) is 0 Å². The first-order chi connectivity index (χ1) is 10.3. The molecule has 1 saturated heterocycles. The van der Waals surface area contributed by atoms with Gasteiger partial charge in [0.2, 0.25) is 17.6 Å². The fourth-order valence-electron chi connectivity index (χ4n) is 2.16. The van der Waals surface area contributed by atoms with E-state index in [0.717, 1.165) is 5.56 Å². The summed E-state index contributed by atoms with van der Waals surface area (Å²) in [6.45, 7) is 2.53. The van der Waals surface area contributed by atoms with E-state index in [9.17, 15) is 4.79 Å². The van der Waals surface area contributed by atoms with Crippen molar-refractivity contribution in [3.8, 4) is 11.4 Å². The van der Waals surface area contributed by atoms with Crippen LogP contribution in [0, 0.1) is 0 Å². The smallest absolute Gasteiger partial charge is 0.227 e. The Bertz CT molecular complexity index is 593. The highest BCUT2D eigenvalue weighted by molar-refractivity contribution is 5.76. The van der Waals surface area contributed by atoms with E-state index in [2.05, 4.69) is 15.1 Å². The summed E-state index contributed by atoms with van der Waals surface area (Å²) in [6, 6.07) is 3.63. The fourth-order valence-corrected chi connectivity index (χ4v) is 2.16. The van der Waals surface area contributed by atoms with Crippen LogP contribution in [-0.4, -0.2) is 52.2 Å². The second-order valence-electron chi connectivity index (χ2n) is 4.74. The van der Waals surface area contributed by atoms with Gasteiger partial charge in [-0.25, -0.2) is 0 Å². The van der Waals surface area contributed by atoms with Gasteiger partial charge in [0.05, 0.1) is 13.2 Å². The van der Waals surface area contributed by atoms with Crippen molar-refractivity contribution in [2.45, 2.75) is 12.8 Å². The van der Waals surface area contributed by atoms with Crippen LogP contribution in [0.25, 0.3) is 11.4 Å². The third-order valence-electron chi connectivity index (χ3n) is 3.32. The molecule has 110 valence electrons. The summed E-state index contributed by atoms with van der Waals surface area (Å²) in [7, 11) is 0. The number of nitrogens with zero attached hydrogens (tertiary/aromatic N) is 4. The van der Waals surface area contributed by atoms with Gasteiger partial charge < -0.3 is 14.2 Å². The van der Waals surface area contributed by atoms with Crippen molar-refractivity contribution in [1.29, 1.82) is 0 Å². The van der Waals surface area contributed by atoms with E-state index in [1.54, 1.807) is 12.4 Å². The number of carbonyl (C=O) groups is 1. The van der Waals surface area contributed by atoms with Gasteiger partial charge in [0.15, 0.2) is 0 Å². The molecular weight excluding hydrogens is 272 g/mol. The summed E-state index contributed by atoms with van der Waals surface area (Å²) in [4.78, 5) is 22.1. The summed E-state index contributed by atoms with van der Waals surface area (Å²) in [5, 5.41) is 3.92. The maximum Gasteiger partial charge on any atom is 0.227 e. The molecule has 1 fully saturated rings. The third kappa shape index (κ3) is 3.43. The van der Waals surface area contributed by atoms with Gasteiger partial charge in [0, 0.05) is 43.9 Å². The molecule has 0 aromatic carbocycles. The number of aryl methyl sites for hydroxylation is 1. The highest BCUT2D eigenvalue weighted by atomic mass is 16.5. The zero-order valence-corrected chi connectivity index (χ0v) is 11.6. The lowest BCUT2D eigenvalue weighted by Gasteiger charge is -2.26. The molecule has 0 unspecified atom stereocenters. The van der Waals surface area contributed by atoms with Crippen LogP contribution in [-0.2, 0) is 16.0 Å². The molecule has 1 aliphatic heterocycles. The minimum Gasteiger partial charge on any atom is -0.378 e. The van der Waals surface area contributed by atoms with Gasteiger partial charge in [0.1, 0.15) is 0 Å². The van der Waals surface area contributed by atoms with Crippen molar-refractivity contribution in [3.05, 3.63) is 30.4 Å². The Hall–Kier alpha value is -2.28. The molecule has 2 aromatic heterocycles. The number of ether oxygens (including phenoxy) is 1. The SMILES string of the molecule is O=C(CCc1nc(-c2ccncc2)no1)N1CCOCC1. The molecule has 7 heteroatoms. The van der Waals surface area contributed by atoms with Crippen LogP contribution >= 0.6 is 0 Å². The largest absolute Gasteiger partial charge is 0.378 e. The maximum absolute atomic E-state index is 12.0. The Labute approximate surface area is 121 Å². The van der Waals surface area contributed by atoms with Gasteiger partial charge >= 0.3 is 0 Å². The first kappa shape index (κ1) is 13.7. The van der Waals surface area contributed by atoms with Crippen LogP contribution < -0.4 is 0 Å². The van der Waals surface area contributed by atoms with E-state index < -0.39 is 0 Å². The van der Waals surface area contributed by atoms with Gasteiger partial charge in [-0.3, -0.25) is 9.78 Å². The number of pyridine rings is 1. The van der Waals surface area contributed by atoms with Crippen molar-refractivity contribution in [2.24, 2.45) is 0 Å². The maximum atomic E-state index is 12.0. The van der Waals surface area contributed by atoms with Gasteiger partial charge in [-0.05, 0) is 12.1 Å². The average Bonchev–Trinajstić information content (AvgIpc) is 3.03. The van der Waals surface area contributed by atoms with Crippen LogP contribution in [0.3, 0.4) is 0 Å². The van der Waals surface area contributed by atoms with E-state index in [4.69, 9.17) is 9.26 Å². The number of rotatable bonds is 4. The zero-order valence-electron chi connectivity index (χ0n) is 11.6. The molecular formula is C14H16N4O3. The molecule has 7 nitrogen and oxygen atoms in total. The molecule has 1 aliphatic rings. The summed E-state index contributed by atoms with van der Waals surface area (Å²) in [6.07, 6.45) is 4.17. The molecule has 0 saturated carbocycles. The summed E-state index contributed by atoms with van der Waals surface area (Å²) in [5.41, 5.74) is 0.847. The molecule has 21 heavy (non-hydrogen) atoms. The molecule has 0 aliphatic carbocycles. The fraction of sp³-hybridized carbons (Fsp3) is 0.429. The summed E-state index contributed by atoms with van der Waals surface area (Å²) >= 11 is 0. The Kier molecular flexibility index (Phi) is 4.20. The van der Waals surface area contributed by atoms with E-state index in [1.165, 1.54) is 0 Å². The second-order valence-corrected chi connectivity index (χ2v) is 4.74.